The molecule has 1 aromatic rings. The SMILES string of the molecule is COc1ccccc1C(C)(C(=O)O)N(C(C)=O)C(C)C. The van der Waals surface area contributed by atoms with E-state index in [0.717, 1.165) is 0 Å². The molecule has 1 amide bonds. The summed E-state index contributed by atoms with van der Waals surface area (Å²) in [6.07, 6.45) is 0. The fourth-order valence-electron chi connectivity index (χ4n) is 2.59. The molecule has 110 valence electrons. The van der Waals surface area contributed by atoms with Crippen LogP contribution in [0.2, 0.25) is 0 Å². The molecular formula is C15H21NO4. The normalized spacial score (nSPS) is 13.7. The van der Waals surface area contributed by atoms with E-state index >= 15 is 0 Å². The second-order valence-electron chi connectivity index (χ2n) is 5.06. The van der Waals surface area contributed by atoms with Crippen LogP contribution in [0, 0.1) is 0 Å². The van der Waals surface area contributed by atoms with Crippen LogP contribution in [-0.4, -0.2) is 35.0 Å². The van der Waals surface area contributed by atoms with Crippen molar-refractivity contribution in [1.82, 2.24) is 4.90 Å². The molecular weight excluding hydrogens is 258 g/mol. The molecule has 0 aliphatic heterocycles. The standard InChI is InChI=1S/C15H21NO4/c1-10(2)16(11(3)17)15(4,14(18)19)12-8-6-7-9-13(12)20-5/h6-10H,1-5H3,(H,18,19). The number of aliphatic carboxylic acids is 1. The number of hydrogen-bond acceptors (Lipinski definition) is 3. The molecule has 5 heteroatoms. The monoisotopic (exact) mass is 279 g/mol. The summed E-state index contributed by atoms with van der Waals surface area (Å²) in [6.45, 7) is 6.47. The van der Waals surface area contributed by atoms with Gasteiger partial charge in [0.15, 0.2) is 5.54 Å². The van der Waals surface area contributed by atoms with Gasteiger partial charge in [0.25, 0.3) is 0 Å². The van der Waals surface area contributed by atoms with E-state index in [-0.39, 0.29) is 11.9 Å². The fourth-order valence-corrected chi connectivity index (χ4v) is 2.59. The number of carbonyl (C=O) groups is 2. The van der Waals surface area contributed by atoms with Gasteiger partial charge in [-0.25, -0.2) is 4.79 Å². The van der Waals surface area contributed by atoms with Crippen molar-refractivity contribution in [2.75, 3.05) is 7.11 Å². The van der Waals surface area contributed by atoms with Crippen molar-refractivity contribution in [2.24, 2.45) is 0 Å². The number of benzene rings is 1. The number of nitrogens with zero attached hydrogens (tertiary/aromatic N) is 1. The van der Waals surface area contributed by atoms with Gasteiger partial charge in [0.05, 0.1) is 7.11 Å². The molecule has 1 aromatic carbocycles. The first kappa shape index (κ1) is 16.0. The number of carboxylic acids is 1. The summed E-state index contributed by atoms with van der Waals surface area (Å²) in [5.74, 6) is -0.939. The molecule has 0 saturated heterocycles. The Kier molecular flexibility index (Phi) is 4.76. The number of ether oxygens (including phenoxy) is 1. The maximum absolute atomic E-state index is 11.9. The van der Waals surface area contributed by atoms with Crippen LogP contribution in [0.5, 0.6) is 5.75 Å². The van der Waals surface area contributed by atoms with Gasteiger partial charge in [-0.3, -0.25) is 4.79 Å². The first-order valence-corrected chi connectivity index (χ1v) is 6.43. The molecule has 5 nitrogen and oxygen atoms in total. The van der Waals surface area contributed by atoms with Crippen LogP contribution in [-0.2, 0) is 15.1 Å². The highest BCUT2D eigenvalue weighted by molar-refractivity contribution is 5.88. The lowest BCUT2D eigenvalue weighted by Gasteiger charge is -2.41. The Morgan fingerprint density at radius 2 is 1.85 bits per heavy atom. The van der Waals surface area contributed by atoms with E-state index in [1.807, 2.05) is 0 Å². The zero-order valence-corrected chi connectivity index (χ0v) is 12.5. The Bertz CT molecular complexity index is 512. The lowest BCUT2D eigenvalue weighted by Crippen LogP contribution is -2.55. The number of rotatable bonds is 5. The van der Waals surface area contributed by atoms with Crippen molar-refractivity contribution in [3.8, 4) is 5.75 Å². The molecule has 20 heavy (non-hydrogen) atoms. The second-order valence-corrected chi connectivity index (χ2v) is 5.06. The molecule has 0 aromatic heterocycles. The maximum Gasteiger partial charge on any atom is 0.334 e. The lowest BCUT2D eigenvalue weighted by atomic mass is 9.88. The van der Waals surface area contributed by atoms with E-state index in [4.69, 9.17) is 4.74 Å². The molecule has 0 fully saturated rings. The van der Waals surface area contributed by atoms with Crippen LogP contribution < -0.4 is 4.74 Å². The maximum atomic E-state index is 11.9. The minimum atomic E-state index is -1.48. The van der Waals surface area contributed by atoms with Crippen molar-refractivity contribution < 1.29 is 19.4 Å². The van der Waals surface area contributed by atoms with Crippen LogP contribution in [0.25, 0.3) is 0 Å². The Hall–Kier alpha value is -2.04. The van der Waals surface area contributed by atoms with Gasteiger partial charge in [-0.15, -0.1) is 0 Å². The Morgan fingerprint density at radius 3 is 2.25 bits per heavy atom. The third kappa shape index (κ3) is 2.61. The smallest absolute Gasteiger partial charge is 0.334 e. The van der Waals surface area contributed by atoms with Gasteiger partial charge in [0.1, 0.15) is 5.75 Å². The van der Waals surface area contributed by atoms with Gasteiger partial charge in [-0.1, -0.05) is 18.2 Å². The molecule has 0 aliphatic carbocycles. The zero-order valence-electron chi connectivity index (χ0n) is 12.5. The van der Waals surface area contributed by atoms with Gasteiger partial charge >= 0.3 is 5.97 Å². The highest BCUT2D eigenvalue weighted by Crippen LogP contribution is 2.36. The Labute approximate surface area is 119 Å². The summed E-state index contributed by atoms with van der Waals surface area (Å²) in [7, 11) is 1.48. The molecule has 0 heterocycles. The predicted octanol–water partition coefficient (Wildman–Crippen LogP) is 2.25. The summed E-state index contributed by atoms with van der Waals surface area (Å²) in [5.41, 5.74) is -1.02. The van der Waals surface area contributed by atoms with Gasteiger partial charge < -0.3 is 14.7 Å². The quantitative estimate of drug-likeness (QED) is 0.897. The molecule has 1 atom stereocenters. The van der Waals surface area contributed by atoms with E-state index < -0.39 is 11.5 Å². The largest absolute Gasteiger partial charge is 0.496 e. The first-order valence-electron chi connectivity index (χ1n) is 6.43. The minimum absolute atomic E-state index is 0.251. The van der Waals surface area contributed by atoms with Crippen molar-refractivity contribution in [3.05, 3.63) is 29.8 Å². The van der Waals surface area contributed by atoms with Gasteiger partial charge in [-0.2, -0.15) is 0 Å². The molecule has 1 N–H and O–H groups in total. The Balaban J connectivity index is 3.56. The van der Waals surface area contributed by atoms with E-state index in [1.165, 1.54) is 25.9 Å². The number of carbonyl (C=O) groups excluding carboxylic acids is 1. The van der Waals surface area contributed by atoms with E-state index in [2.05, 4.69) is 0 Å². The summed E-state index contributed by atoms with van der Waals surface area (Å²) < 4.78 is 5.25. The third-order valence-corrected chi connectivity index (χ3v) is 3.39. The highest BCUT2D eigenvalue weighted by atomic mass is 16.5. The van der Waals surface area contributed by atoms with Crippen LogP contribution >= 0.6 is 0 Å². The van der Waals surface area contributed by atoms with Crippen LogP contribution in [0.3, 0.4) is 0 Å². The fraction of sp³-hybridized carbons (Fsp3) is 0.467. The lowest BCUT2D eigenvalue weighted by molar-refractivity contribution is -0.160. The van der Waals surface area contributed by atoms with Gasteiger partial charge in [-0.05, 0) is 26.8 Å². The van der Waals surface area contributed by atoms with Gasteiger partial charge in [0.2, 0.25) is 5.91 Å². The average Bonchev–Trinajstić information content (AvgIpc) is 2.37. The Morgan fingerprint density at radius 1 is 1.30 bits per heavy atom. The summed E-state index contributed by atoms with van der Waals surface area (Å²) >= 11 is 0. The van der Waals surface area contributed by atoms with Crippen LogP contribution in [0.15, 0.2) is 24.3 Å². The summed E-state index contributed by atoms with van der Waals surface area (Å²) in [5, 5.41) is 9.72. The molecule has 0 bridgehead atoms. The van der Waals surface area contributed by atoms with Crippen molar-refractivity contribution in [2.45, 2.75) is 39.3 Å². The summed E-state index contributed by atoms with van der Waals surface area (Å²) in [6, 6.07) is 6.61. The number of hydrogen-bond donors (Lipinski definition) is 1. The molecule has 1 rings (SSSR count). The van der Waals surface area contributed by atoms with E-state index in [9.17, 15) is 14.7 Å². The number of amides is 1. The van der Waals surface area contributed by atoms with Crippen LogP contribution in [0.4, 0.5) is 0 Å². The van der Waals surface area contributed by atoms with E-state index in [1.54, 1.807) is 38.1 Å². The second kappa shape index (κ2) is 5.94. The molecule has 0 saturated carbocycles. The first-order chi connectivity index (χ1) is 9.26. The molecule has 1 unspecified atom stereocenters. The third-order valence-electron chi connectivity index (χ3n) is 3.39. The topological polar surface area (TPSA) is 66.8 Å². The molecule has 0 spiro atoms. The number of carboxylic acid groups (broad SMARTS) is 1. The average molecular weight is 279 g/mol. The van der Waals surface area contributed by atoms with Crippen LogP contribution in [0.1, 0.15) is 33.3 Å². The molecule has 0 aliphatic rings. The predicted molar refractivity (Wildman–Crippen MR) is 75.6 cm³/mol. The summed E-state index contributed by atoms with van der Waals surface area (Å²) in [4.78, 5) is 25.2. The number of methoxy groups -OCH3 is 1. The van der Waals surface area contributed by atoms with Crippen molar-refractivity contribution >= 4 is 11.9 Å². The van der Waals surface area contributed by atoms with Gasteiger partial charge in [0, 0.05) is 18.5 Å². The zero-order chi connectivity index (χ0) is 15.5. The highest BCUT2D eigenvalue weighted by Gasteiger charge is 2.46. The number of para-hydroxylation sites is 1. The minimum Gasteiger partial charge on any atom is -0.496 e. The van der Waals surface area contributed by atoms with E-state index in [0.29, 0.717) is 11.3 Å². The van der Waals surface area contributed by atoms with Crippen molar-refractivity contribution in [1.29, 1.82) is 0 Å². The molecule has 0 radical (unpaired) electrons. The van der Waals surface area contributed by atoms with Crippen molar-refractivity contribution in [3.63, 3.8) is 0 Å².